The minimum Gasteiger partial charge on any atom is -0.311 e. The van der Waals surface area contributed by atoms with E-state index in [4.69, 9.17) is 0 Å². The first-order chi connectivity index (χ1) is 7.24. The normalized spacial score (nSPS) is 10.3. The van der Waals surface area contributed by atoms with Crippen LogP contribution in [0.1, 0.15) is 44.6 Å². The van der Waals surface area contributed by atoms with Crippen LogP contribution in [0.4, 0.5) is 5.82 Å². The van der Waals surface area contributed by atoms with Gasteiger partial charge in [0.15, 0.2) is 0 Å². The molecule has 4 heteroatoms. The van der Waals surface area contributed by atoms with Gasteiger partial charge in [-0.15, -0.1) is 0 Å². The van der Waals surface area contributed by atoms with E-state index in [2.05, 4.69) is 22.4 Å². The van der Waals surface area contributed by atoms with Gasteiger partial charge in [0.05, 0.1) is 6.20 Å². The van der Waals surface area contributed by atoms with Gasteiger partial charge >= 0.3 is 0 Å². The third kappa shape index (κ3) is 4.14. The first-order valence-corrected chi connectivity index (χ1v) is 5.54. The molecule has 0 aliphatic heterocycles. The molecule has 84 valence electrons. The lowest BCUT2D eigenvalue weighted by molar-refractivity contribution is -0.116. The molecule has 4 nitrogen and oxygen atoms in total. The Labute approximate surface area is 90.5 Å². The average Bonchev–Trinajstić information content (AvgIpc) is 2.59. The van der Waals surface area contributed by atoms with E-state index in [1.165, 1.54) is 12.8 Å². The van der Waals surface area contributed by atoms with Crippen molar-refractivity contribution in [3.8, 4) is 0 Å². The number of aromatic amines is 1. The van der Waals surface area contributed by atoms with Gasteiger partial charge in [0.2, 0.25) is 5.91 Å². The minimum absolute atomic E-state index is 0.0680. The summed E-state index contributed by atoms with van der Waals surface area (Å²) < 4.78 is 0. The summed E-state index contributed by atoms with van der Waals surface area (Å²) >= 11 is 0. The Bertz CT molecular complexity index is 307. The molecule has 2 N–H and O–H groups in total. The van der Waals surface area contributed by atoms with Gasteiger partial charge in [-0.2, -0.15) is 5.10 Å². The lowest BCUT2D eigenvalue weighted by Gasteiger charge is -2.03. The highest BCUT2D eigenvalue weighted by atomic mass is 16.1. The van der Waals surface area contributed by atoms with Crippen molar-refractivity contribution in [2.45, 2.75) is 46.0 Å². The molecule has 0 unspecified atom stereocenters. The fourth-order valence-electron chi connectivity index (χ4n) is 1.39. The summed E-state index contributed by atoms with van der Waals surface area (Å²) in [6, 6.07) is 0. The molecule has 0 atom stereocenters. The Morgan fingerprint density at radius 3 is 2.87 bits per heavy atom. The number of hydrogen-bond donors (Lipinski definition) is 2. The second-order valence-corrected chi connectivity index (χ2v) is 3.79. The fraction of sp³-hybridized carbons (Fsp3) is 0.636. The third-order valence-corrected chi connectivity index (χ3v) is 2.35. The summed E-state index contributed by atoms with van der Waals surface area (Å²) in [5.74, 6) is 0.786. The van der Waals surface area contributed by atoms with Gasteiger partial charge in [0, 0.05) is 12.0 Å². The third-order valence-electron chi connectivity index (χ3n) is 2.35. The molecule has 1 aromatic heterocycles. The van der Waals surface area contributed by atoms with Crippen molar-refractivity contribution in [2.24, 2.45) is 0 Å². The van der Waals surface area contributed by atoms with Gasteiger partial charge in [-0.25, -0.2) is 0 Å². The van der Waals surface area contributed by atoms with Gasteiger partial charge in [-0.1, -0.05) is 26.2 Å². The lowest BCUT2D eigenvalue weighted by atomic mass is 10.1. The van der Waals surface area contributed by atoms with Crippen molar-refractivity contribution in [1.29, 1.82) is 0 Å². The molecule has 0 radical (unpaired) electrons. The topological polar surface area (TPSA) is 57.8 Å². The van der Waals surface area contributed by atoms with Crippen LogP contribution in [0.2, 0.25) is 0 Å². The van der Waals surface area contributed by atoms with E-state index in [9.17, 15) is 4.79 Å². The summed E-state index contributed by atoms with van der Waals surface area (Å²) in [6.07, 6.45) is 6.79. The Balaban J connectivity index is 2.22. The van der Waals surface area contributed by atoms with Crippen molar-refractivity contribution < 1.29 is 4.79 Å². The van der Waals surface area contributed by atoms with Crippen LogP contribution in [0, 0.1) is 6.92 Å². The van der Waals surface area contributed by atoms with E-state index < -0.39 is 0 Å². The second kappa shape index (κ2) is 6.22. The second-order valence-electron chi connectivity index (χ2n) is 3.79. The van der Waals surface area contributed by atoms with Crippen LogP contribution in [-0.4, -0.2) is 16.1 Å². The largest absolute Gasteiger partial charge is 0.311 e. The van der Waals surface area contributed by atoms with E-state index in [1.807, 2.05) is 6.92 Å². The zero-order valence-electron chi connectivity index (χ0n) is 9.47. The number of carbonyl (C=O) groups is 1. The predicted molar refractivity (Wildman–Crippen MR) is 60.7 cm³/mol. The van der Waals surface area contributed by atoms with Crippen LogP contribution in [0.5, 0.6) is 0 Å². The van der Waals surface area contributed by atoms with Crippen LogP contribution in [0.25, 0.3) is 0 Å². The van der Waals surface area contributed by atoms with Crippen LogP contribution >= 0.6 is 0 Å². The predicted octanol–water partition coefficient (Wildman–Crippen LogP) is 2.63. The molecule has 15 heavy (non-hydrogen) atoms. The Morgan fingerprint density at radius 1 is 1.47 bits per heavy atom. The number of aromatic nitrogens is 2. The van der Waals surface area contributed by atoms with Crippen molar-refractivity contribution in [2.75, 3.05) is 5.32 Å². The lowest BCUT2D eigenvalue weighted by Crippen LogP contribution is -2.12. The maximum absolute atomic E-state index is 11.5. The van der Waals surface area contributed by atoms with Crippen molar-refractivity contribution >= 4 is 11.7 Å². The number of rotatable bonds is 6. The standard InChI is InChI=1S/C11H19N3O/c1-3-4-5-6-7-10(15)13-11-9(2)8-12-14-11/h8H,3-7H2,1-2H3,(H2,12,13,14,15). The molecule has 0 saturated carbocycles. The van der Waals surface area contributed by atoms with Crippen LogP contribution in [-0.2, 0) is 4.79 Å². The molecule has 0 aromatic carbocycles. The Hall–Kier alpha value is -1.32. The van der Waals surface area contributed by atoms with E-state index in [1.54, 1.807) is 6.20 Å². The average molecular weight is 209 g/mol. The number of amides is 1. The number of unbranched alkanes of at least 4 members (excludes halogenated alkanes) is 3. The molecule has 1 amide bonds. The summed E-state index contributed by atoms with van der Waals surface area (Å²) in [5, 5.41) is 9.41. The molecular formula is C11H19N3O. The molecule has 1 heterocycles. The van der Waals surface area contributed by atoms with Crippen molar-refractivity contribution in [3.05, 3.63) is 11.8 Å². The summed E-state index contributed by atoms with van der Waals surface area (Å²) in [6.45, 7) is 4.07. The highest BCUT2D eigenvalue weighted by molar-refractivity contribution is 5.90. The van der Waals surface area contributed by atoms with E-state index >= 15 is 0 Å². The number of nitrogens with zero attached hydrogens (tertiary/aromatic N) is 1. The first kappa shape index (κ1) is 11.8. The van der Waals surface area contributed by atoms with Gasteiger partial charge < -0.3 is 5.32 Å². The molecule has 0 aliphatic carbocycles. The molecule has 0 aliphatic rings. The fourth-order valence-corrected chi connectivity index (χ4v) is 1.39. The molecule has 0 spiro atoms. The maximum atomic E-state index is 11.5. The Morgan fingerprint density at radius 2 is 2.27 bits per heavy atom. The summed E-state index contributed by atoms with van der Waals surface area (Å²) in [4.78, 5) is 11.5. The van der Waals surface area contributed by atoms with Crippen LogP contribution < -0.4 is 5.32 Å². The summed E-state index contributed by atoms with van der Waals surface area (Å²) in [5.41, 5.74) is 0.969. The van der Waals surface area contributed by atoms with Gasteiger partial charge in [0.1, 0.15) is 5.82 Å². The molecule has 0 saturated heterocycles. The number of nitrogens with one attached hydrogen (secondary N) is 2. The highest BCUT2D eigenvalue weighted by Gasteiger charge is 2.05. The molecule has 1 rings (SSSR count). The number of aryl methyl sites for hydroxylation is 1. The summed E-state index contributed by atoms with van der Waals surface area (Å²) in [7, 11) is 0. The highest BCUT2D eigenvalue weighted by Crippen LogP contribution is 2.10. The zero-order chi connectivity index (χ0) is 11.1. The number of H-pyrrole nitrogens is 1. The number of anilines is 1. The minimum atomic E-state index is 0.0680. The monoisotopic (exact) mass is 209 g/mol. The number of hydrogen-bond acceptors (Lipinski definition) is 2. The van der Waals surface area contributed by atoms with Crippen molar-refractivity contribution in [1.82, 2.24) is 10.2 Å². The van der Waals surface area contributed by atoms with E-state index in [-0.39, 0.29) is 5.91 Å². The molecule has 0 fully saturated rings. The van der Waals surface area contributed by atoms with E-state index in [0.29, 0.717) is 6.42 Å². The maximum Gasteiger partial charge on any atom is 0.225 e. The molecule has 0 bridgehead atoms. The smallest absolute Gasteiger partial charge is 0.225 e. The van der Waals surface area contributed by atoms with Gasteiger partial charge in [-0.3, -0.25) is 9.89 Å². The van der Waals surface area contributed by atoms with Gasteiger partial charge in [0.25, 0.3) is 0 Å². The van der Waals surface area contributed by atoms with Gasteiger partial charge in [-0.05, 0) is 13.3 Å². The quantitative estimate of drug-likeness (QED) is 0.707. The SMILES string of the molecule is CCCCCCC(=O)Nc1[nH]ncc1C. The molecular weight excluding hydrogens is 190 g/mol. The Kier molecular flexibility index (Phi) is 4.87. The van der Waals surface area contributed by atoms with Crippen molar-refractivity contribution in [3.63, 3.8) is 0 Å². The number of carbonyl (C=O) groups excluding carboxylic acids is 1. The molecule has 1 aromatic rings. The zero-order valence-corrected chi connectivity index (χ0v) is 9.47. The van der Waals surface area contributed by atoms with Crippen LogP contribution in [0.15, 0.2) is 6.20 Å². The first-order valence-electron chi connectivity index (χ1n) is 5.54. The van der Waals surface area contributed by atoms with Crippen LogP contribution in [0.3, 0.4) is 0 Å². The van der Waals surface area contributed by atoms with E-state index in [0.717, 1.165) is 24.2 Å².